The predicted molar refractivity (Wildman–Crippen MR) is 96.1 cm³/mol. The number of amides is 2. The van der Waals surface area contributed by atoms with E-state index in [9.17, 15) is 22.8 Å². The molecule has 3 saturated heterocycles. The minimum absolute atomic E-state index is 0.0873. The molecule has 1 aromatic rings. The molecule has 0 saturated carbocycles. The number of piperidine rings is 1. The monoisotopic (exact) mass is 395 g/mol. The number of rotatable bonds is 4. The van der Waals surface area contributed by atoms with Crippen molar-refractivity contribution >= 4 is 11.8 Å². The van der Waals surface area contributed by atoms with Crippen molar-refractivity contribution in [1.29, 1.82) is 0 Å². The fourth-order valence-electron chi connectivity index (χ4n) is 4.66. The van der Waals surface area contributed by atoms with Gasteiger partial charge in [0.25, 0.3) is 0 Å². The molecule has 152 valence electrons. The number of nitrogens with one attached hydrogen (secondary N) is 2. The van der Waals surface area contributed by atoms with E-state index in [0.717, 1.165) is 37.8 Å². The zero-order valence-corrected chi connectivity index (χ0v) is 15.5. The average molecular weight is 395 g/mol. The van der Waals surface area contributed by atoms with Gasteiger partial charge in [0.1, 0.15) is 0 Å². The lowest BCUT2D eigenvalue weighted by atomic mass is 9.98. The molecule has 3 heterocycles. The van der Waals surface area contributed by atoms with Crippen LogP contribution >= 0.6 is 0 Å². The second kappa shape index (κ2) is 7.39. The van der Waals surface area contributed by atoms with Crippen molar-refractivity contribution in [2.24, 2.45) is 5.92 Å². The maximum absolute atomic E-state index is 12.9. The minimum Gasteiger partial charge on any atom is -0.353 e. The van der Waals surface area contributed by atoms with Gasteiger partial charge in [0.2, 0.25) is 11.8 Å². The van der Waals surface area contributed by atoms with Gasteiger partial charge >= 0.3 is 6.18 Å². The Bertz CT molecular complexity index is 755. The van der Waals surface area contributed by atoms with Gasteiger partial charge in [-0.3, -0.25) is 9.59 Å². The largest absolute Gasteiger partial charge is 0.416 e. The Hall–Kier alpha value is -2.09. The van der Waals surface area contributed by atoms with Gasteiger partial charge < -0.3 is 15.5 Å². The molecule has 1 aromatic carbocycles. The van der Waals surface area contributed by atoms with Gasteiger partial charge in [0, 0.05) is 37.6 Å². The summed E-state index contributed by atoms with van der Waals surface area (Å²) in [6, 6.07) is 6.05. The zero-order chi connectivity index (χ0) is 19.9. The number of halogens is 3. The molecule has 2 bridgehead atoms. The van der Waals surface area contributed by atoms with Crippen molar-refractivity contribution in [3.63, 3.8) is 0 Å². The highest BCUT2D eigenvalue weighted by Gasteiger charge is 2.38. The molecular weight excluding hydrogens is 371 g/mol. The van der Waals surface area contributed by atoms with E-state index in [2.05, 4.69) is 10.6 Å². The number of benzene rings is 1. The second-order valence-electron chi connectivity index (χ2n) is 8.19. The second-order valence-corrected chi connectivity index (χ2v) is 8.19. The van der Waals surface area contributed by atoms with Crippen LogP contribution in [0.25, 0.3) is 0 Å². The molecule has 28 heavy (non-hydrogen) atoms. The Kier molecular flexibility index (Phi) is 5.07. The number of nitrogens with zero attached hydrogens (tertiary/aromatic N) is 1. The van der Waals surface area contributed by atoms with E-state index in [1.54, 1.807) is 6.07 Å². The Morgan fingerprint density at radius 1 is 1.21 bits per heavy atom. The lowest BCUT2D eigenvalue weighted by molar-refractivity contribution is -0.137. The Labute approximate surface area is 161 Å². The summed E-state index contributed by atoms with van der Waals surface area (Å²) in [7, 11) is 0. The normalized spacial score (nSPS) is 30.0. The first kappa shape index (κ1) is 19.2. The van der Waals surface area contributed by atoms with Crippen LogP contribution in [0.2, 0.25) is 0 Å². The Morgan fingerprint density at radius 3 is 2.61 bits per heavy atom. The third kappa shape index (κ3) is 4.16. The smallest absolute Gasteiger partial charge is 0.353 e. The van der Waals surface area contributed by atoms with E-state index in [4.69, 9.17) is 0 Å². The summed E-state index contributed by atoms with van der Waals surface area (Å²) in [6.45, 7) is 0.336. The Balaban J connectivity index is 1.34. The molecule has 3 aliphatic rings. The van der Waals surface area contributed by atoms with Crippen LogP contribution in [0.1, 0.15) is 43.2 Å². The number of hydrogen-bond acceptors (Lipinski definition) is 3. The molecular formula is C20H24F3N3O2. The lowest BCUT2D eigenvalue weighted by Crippen LogP contribution is -2.49. The van der Waals surface area contributed by atoms with Crippen molar-refractivity contribution in [2.45, 2.75) is 63.0 Å². The number of carbonyl (C=O) groups is 2. The maximum Gasteiger partial charge on any atom is 0.416 e. The van der Waals surface area contributed by atoms with E-state index >= 15 is 0 Å². The molecule has 0 spiro atoms. The number of fused-ring (bicyclic) bond motifs is 2. The van der Waals surface area contributed by atoms with Gasteiger partial charge in [-0.15, -0.1) is 0 Å². The highest BCUT2D eigenvalue weighted by atomic mass is 19.4. The van der Waals surface area contributed by atoms with Gasteiger partial charge in [-0.25, -0.2) is 0 Å². The van der Waals surface area contributed by atoms with E-state index < -0.39 is 17.7 Å². The maximum atomic E-state index is 12.9. The fourth-order valence-corrected chi connectivity index (χ4v) is 4.66. The molecule has 3 fully saturated rings. The SMILES string of the molecule is O=C(NC1CC2CCC(C1)N2)C1CC(=O)N(Cc2cccc(C(F)(F)F)c2)C1. The number of alkyl halides is 3. The summed E-state index contributed by atoms with van der Waals surface area (Å²) in [6.07, 6.45) is -0.189. The van der Waals surface area contributed by atoms with E-state index in [1.807, 2.05) is 0 Å². The summed E-state index contributed by atoms with van der Waals surface area (Å²) in [5.41, 5.74) is -0.314. The quantitative estimate of drug-likeness (QED) is 0.823. The van der Waals surface area contributed by atoms with Crippen LogP contribution in [0.3, 0.4) is 0 Å². The third-order valence-corrected chi connectivity index (χ3v) is 6.03. The van der Waals surface area contributed by atoms with Gasteiger partial charge in [0.15, 0.2) is 0 Å². The molecule has 2 amide bonds. The first-order chi connectivity index (χ1) is 13.3. The molecule has 5 nitrogen and oxygen atoms in total. The summed E-state index contributed by atoms with van der Waals surface area (Å²) in [5.74, 6) is -0.750. The molecule has 8 heteroatoms. The van der Waals surface area contributed by atoms with Crippen LogP contribution < -0.4 is 10.6 Å². The molecule has 0 radical (unpaired) electrons. The van der Waals surface area contributed by atoms with Crippen molar-refractivity contribution in [1.82, 2.24) is 15.5 Å². The van der Waals surface area contributed by atoms with Crippen LogP contribution in [-0.2, 0) is 22.3 Å². The summed E-state index contributed by atoms with van der Waals surface area (Å²) < 4.78 is 38.6. The first-order valence-corrected chi connectivity index (χ1v) is 9.78. The minimum atomic E-state index is -4.41. The third-order valence-electron chi connectivity index (χ3n) is 6.03. The molecule has 3 atom stereocenters. The molecule has 0 aromatic heterocycles. The van der Waals surface area contributed by atoms with Crippen molar-refractivity contribution < 1.29 is 22.8 Å². The van der Waals surface area contributed by atoms with Crippen LogP contribution in [-0.4, -0.2) is 41.4 Å². The number of carbonyl (C=O) groups excluding carboxylic acids is 2. The van der Waals surface area contributed by atoms with Gasteiger partial charge in [-0.2, -0.15) is 13.2 Å². The summed E-state index contributed by atoms with van der Waals surface area (Å²) in [5, 5.41) is 6.61. The van der Waals surface area contributed by atoms with E-state index in [-0.39, 0.29) is 37.4 Å². The van der Waals surface area contributed by atoms with Gasteiger partial charge in [-0.1, -0.05) is 12.1 Å². The van der Waals surface area contributed by atoms with Gasteiger partial charge in [0.05, 0.1) is 11.5 Å². The van der Waals surface area contributed by atoms with Crippen LogP contribution in [0.4, 0.5) is 13.2 Å². The summed E-state index contributed by atoms with van der Waals surface area (Å²) in [4.78, 5) is 26.4. The van der Waals surface area contributed by atoms with Crippen molar-refractivity contribution in [3.05, 3.63) is 35.4 Å². The number of hydrogen-bond donors (Lipinski definition) is 2. The van der Waals surface area contributed by atoms with Crippen molar-refractivity contribution in [3.8, 4) is 0 Å². The molecule has 4 rings (SSSR count). The zero-order valence-electron chi connectivity index (χ0n) is 15.5. The average Bonchev–Trinajstić information content (AvgIpc) is 3.16. The molecule has 0 aliphatic carbocycles. The highest BCUT2D eigenvalue weighted by Crippen LogP contribution is 2.31. The fraction of sp³-hybridized carbons (Fsp3) is 0.600. The topological polar surface area (TPSA) is 61.4 Å². The highest BCUT2D eigenvalue weighted by molar-refractivity contribution is 5.89. The van der Waals surface area contributed by atoms with Gasteiger partial charge in [-0.05, 0) is 43.4 Å². The molecule has 3 aliphatic heterocycles. The van der Waals surface area contributed by atoms with E-state index in [1.165, 1.54) is 11.0 Å². The summed E-state index contributed by atoms with van der Waals surface area (Å²) >= 11 is 0. The standard InChI is InChI=1S/C20H24F3N3O2/c21-20(22,23)14-3-1-2-12(6-14)10-26-11-13(7-18(26)27)19(28)25-17-8-15-4-5-16(9-17)24-15/h1-3,6,13,15-17,24H,4-5,7-11H2,(H,25,28). The van der Waals surface area contributed by atoms with Crippen LogP contribution in [0, 0.1) is 5.92 Å². The van der Waals surface area contributed by atoms with Crippen molar-refractivity contribution in [2.75, 3.05) is 6.54 Å². The lowest BCUT2D eigenvalue weighted by Gasteiger charge is -2.30. The Morgan fingerprint density at radius 2 is 1.93 bits per heavy atom. The molecule has 2 N–H and O–H groups in total. The van der Waals surface area contributed by atoms with Crippen LogP contribution in [0.5, 0.6) is 0 Å². The predicted octanol–water partition coefficient (Wildman–Crippen LogP) is 2.45. The first-order valence-electron chi connectivity index (χ1n) is 9.78. The van der Waals surface area contributed by atoms with Crippen LogP contribution in [0.15, 0.2) is 24.3 Å². The molecule has 3 unspecified atom stereocenters. The van der Waals surface area contributed by atoms with E-state index in [0.29, 0.717) is 17.6 Å². The number of likely N-dealkylation sites (tertiary alicyclic amines) is 1.